The zero-order chi connectivity index (χ0) is 33.7. The van der Waals surface area contributed by atoms with Crippen molar-refractivity contribution in [3.8, 4) is 11.5 Å². The van der Waals surface area contributed by atoms with Gasteiger partial charge >= 0.3 is 5.97 Å². The molecule has 0 saturated heterocycles. The summed E-state index contributed by atoms with van der Waals surface area (Å²) in [5.74, 6) is -0.479. The van der Waals surface area contributed by atoms with Crippen molar-refractivity contribution in [2.75, 3.05) is 13.2 Å². The Morgan fingerprint density at radius 3 is 1.57 bits per heavy atom. The van der Waals surface area contributed by atoms with Crippen molar-refractivity contribution >= 4 is 23.3 Å². The molecular formula is C38H52O8. The van der Waals surface area contributed by atoms with Gasteiger partial charge in [0.1, 0.15) is 11.5 Å². The lowest BCUT2D eigenvalue weighted by Gasteiger charge is -2.28. The SMILES string of the molecule is CCC(C)(CC)C(=O)C(C)Oc1ccc2c(c1)C(=O)c1ccc(OC(C)C(=O)OCCCCCCCCCCCCO)cc1C2=O. The summed E-state index contributed by atoms with van der Waals surface area (Å²) >= 11 is 0. The Morgan fingerprint density at radius 1 is 0.674 bits per heavy atom. The molecule has 3 rings (SSSR count). The highest BCUT2D eigenvalue weighted by atomic mass is 16.6. The van der Waals surface area contributed by atoms with E-state index in [4.69, 9.17) is 19.3 Å². The van der Waals surface area contributed by atoms with Crippen molar-refractivity contribution in [2.45, 2.75) is 124 Å². The van der Waals surface area contributed by atoms with Crippen LogP contribution in [0.4, 0.5) is 0 Å². The first-order valence-electron chi connectivity index (χ1n) is 17.1. The summed E-state index contributed by atoms with van der Waals surface area (Å²) in [5, 5.41) is 8.81. The number of esters is 1. The predicted octanol–water partition coefficient (Wildman–Crippen LogP) is 7.83. The molecule has 1 aliphatic rings. The quantitative estimate of drug-likeness (QED) is 0.0929. The van der Waals surface area contributed by atoms with Crippen LogP contribution < -0.4 is 9.47 Å². The van der Waals surface area contributed by atoms with E-state index in [9.17, 15) is 19.2 Å². The maximum Gasteiger partial charge on any atom is 0.347 e. The van der Waals surface area contributed by atoms with Crippen LogP contribution in [-0.4, -0.2) is 53.8 Å². The molecular weight excluding hydrogens is 584 g/mol. The third kappa shape index (κ3) is 9.74. The minimum atomic E-state index is -0.878. The number of aliphatic hydroxyl groups is 1. The number of ketones is 3. The molecule has 2 atom stereocenters. The number of carbonyl (C=O) groups excluding carboxylic acids is 4. The standard InChI is InChI=1S/C38H52O8/c1-6-38(5,7-2)36(42)26(3)45-28-18-20-30-32(24-28)34(40)31-21-19-29(25-33(31)35(30)41)46-27(4)37(43)44-23-17-15-13-11-9-8-10-12-14-16-22-39/h18-21,24-27,39H,6-17,22-23H2,1-5H3. The fourth-order valence-corrected chi connectivity index (χ4v) is 5.77. The van der Waals surface area contributed by atoms with Gasteiger partial charge in [0.25, 0.3) is 0 Å². The Morgan fingerprint density at radius 2 is 1.11 bits per heavy atom. The number of hydrogen-bond donors (Lipinski definition) is 1. The van der Waals surface area contributed by atoms with Crippen molar-refractivity contribution in [3.63, 3.8) is 0 Å². The highest BCUT2D eigenvalue weighted by Crippen LogP contribution is 2.34. The molecule has 0 aromatic heterocycles. The second-order valence-corrected chi connectivity index (χ2v) is 12.7. The molecule has 0 heterocycles. The van der Waals surface area contributed by atoms with Crippen LogP contribution in [0.5, 0.6) is 11.5 Å². The van der Waals surface area contributed by atoms with E-state index in [0.717, 1.165) is 32.1 Å². The lowest BCUT2D eigenvalue weighted by atomic mass is 9.78. The third-order valence-electron chi connectivity index (χ3n) is 9.24. The number of aliphatic hydroxyl groups excluding tert-OH is 1. The summed E-state index contributed by atoms with van der Waals surface area (Å²) in [6.07, 6.45) is 10.7. The normalized spacial score (nSPS) is 13.9. The third-order valence-corrected chi connectivity index (χ3v) is 9.24. The molecule has 2 aromatic rings. The first-order valence-corrected chi connectivity index (χ1v) is 17.1. The van der Waals surface area contributed by atoms with Gasteiger partial charge in [-0.1, -0.05) is 72.1 Å². The topological polar surface area (TPSA) is 116 Å². The zero-order valence-electron chi connectivity index (χ0n) is 28.3. The molecule has 2 aromatic carbocycles. The Labute approximate surface area is 274 Å². The Balaban J connectivity index is 1.50. The highest BCUT2D eigenvalue weighted by molar-refractivity contribution is 6.28. The highest BCUT2D eigenvalue weighted by Gasteiger charge is 2.35. The molecule has 252 valence electrons. The number of hydrogen-bond acceptors (Lipinski definition) is 8. The smallest absolute Gasteiger partial charge is 0.347 e. The molecule has 0 saturated carbocycles. The van der Waals surface area contributed by atoms with Gasteiger partial charge in [-0.25, -0.2) is 4.79 Å². The van der Waals surface area contributed by atoms with Crippen LogP contribution in [0.1, 0.15) is 144 Å². The van der Waals surface area contributed by atoms with E-state index >= 15 is 0 Å². The van der Waals surface area contributed by atoms with Crippen LogP contribution in [-0.2, 0) is 14.3 Å². The van der Waals surface area contributed by atoms with Crippen molar-refractivity contribution in [1.29, 1.82) is 0 Å². The number of rotatable bonds is 21. The molecule has 0 fully saturated rings. The van der Waals surface area contributed by atoms with Crippen LogP contribution in [0.3, 0.4) is 0 Å². The molecule has 0 amide bonds. The number of carbonyl (C=O) groups is 4. The molecule has 8 heteroatoms. The van der Waals surface area contributed by atoms with E-state index in [1.807, 2.05) is 20.8 Å². The van der Waals surface area contributed by atoms with Gasteiger partial charge in [0.15, 0.2) is 29.6 Å². The van der Waals surface area contributed by atoms with E-state index in [1.54, 1.807) is 32.0 Å². The minimum Gasteiger partial charge on any atom is -0.483 e. The van der Waals surface area contributed by atoms with Crippen molar-refractivity contribution in [2.24, 2.45) is 5.41 Å². The van der Waals surface area contributed by atoms with Gasteiger partial charge < -0.3 is 19.3 Å². The summed E-state index contributed by atoms with van der Waals surface area (Å²) in [7, 11) is 0. The molecule has 0 spiro atoms. The van der Waals surface area contributed by atoms with E-state index < -0.39 is 23.6 Å². The average Bonchev–Trinajstić information content (AvgIpc) is 3.06. The van der Waals surface area contributed by atoms with Crippen LogP contribution in [0.2, 0.25) is 0 Å². The number of benzene rings is 2. The van der Waals surface area contributed by atoms with Gasteiger partial charge in [0.05, 0.1) is 6.61 Å². The summed E-state index contributed by atoms with van der Waals surface area (Å²) < 4.78 is 17.1. The van der Waals surface area contributed by atoms with E-state index in [-0.39, 0.29) is 46.2 Å². The minimum absolute atomic E-state index is 0.00261. The summed E-state index contributed by atoms with van der Waals surface area (Å²) in [4.78, 5) is 52.4. The van der Waals surface area contributed by atoms with Gasteiger partial charge in [-0.2, -0.15) is 0 Å². The Hall–Kier alpha value is -3.52. The fraction of sp³-hybridized carbons (Fsp3) is 0.579. The van der Waals surface area contributed by atoms with Crippen LogP contribution in [0.15, 0.2) is 36.4 Å². The second-order valence-electron chi connectivity index (χ2n) is 12.7. The lowest BCUT2D eigenvalue weighted by molar-refractivity contribution is -0.151. The molecule has 0 radical (unpaired) electrons. The van der Waals surface area contributed by atoms with E-state index in [2.05, 4.69) is 0 Å². The van der Waals surface area contributed by atoms with Gasteiger partial charge in [0.2, 0.25) is 0 Å². The summed E-state index contributed by atoms with van der Waals surface area (Å²) in [6, 6.07) is 9.30. The van der Waals surface area contributed by atoms with Gasteiger partial charge in [-0.15, -0.1) is 0 Å². The van der Waals surface area contributed by atoms with E-state index in [0.29, 0.717) is 30.9 Å². The maximum atomic E-state index is 13.4. The molecule has 2 unspecified atom stereocenters. The van der Waals surface area contributed by atoms with Crippen molar-refractivity contribution < 1.29 is 38.5 Å². The maximum absolute atomic E-state index is 13.4. The largest absolute Gasteiger partial charge is 0.483 e. The van der Waals surface area contributed by atoms with Gasteiger partial charge in [-0.3, -0.25) is 14.4 Å². The Kier molecular flexibility index (Phi) is 14.4. The summed E-state index contributed by atoms with van der Waals surface area (Å²) in [5.41, 5.74) is 0.433. The number of ether oxygens (including phenoxy) is 3. The fourth-order valence-electron chi connectivity index (χ4n) is 5.77. The van der Waals surface area contributed by atoms with Gasteiger partial charge in [0, 0.05) is 34.3 Å². The van der Waals surface area contributed by atoms with Crippen molar-refractivity contribution in [3.05, 3.63) is 58.7 Å². The molecule has 8 nitrogen and oxygen atoms in total. The Bertz CT molecular complexity index is 1340. The van der Waals surface area contributed by atoms with E-state index in [1.165, 1.54) is 50.3 Å². The number of unbranched alkanes of at least 4 members (excludes halogenated alkanes) is 9. The summed E-state index contributed by atoms with van der Waals surface area (Å²) in [6.45, 7) is 9.81. The lowest BCUT2D eigenvalue weighted by Crippen LogP contribution is -2.37. The van der Waals surface area contributed by atoms with Gasteiger partial charge in [-0.05, 0) is 75.9 Å². The average molecular weight is 637 g/mol. The molecule has 0 aliphatic heterocycles. The molecule has 1 aliphatic carbocycles. The predicted molar refractivity (Wildman–Crippen MR) is 178 cm³/mol. The number of Topliss-reactive ketones (excluding diaryl/α,β-unsaturated/α-hetero) is 1. The second kappa shape index (κ2) is 18.0. The van der Waals surface area contributed by atoms with Crippen LogP contribution in [0, 0.1) is 5.41 Å². The molecule has 0 bridgehead atoms. The molecule has 46 heavy (non-hydrogen) atoms. The number of fused-ring (bicyclic) bond motifs is 2. The monoisotopic (exact) mass is 636 g/mol. The first-order chi connectivity index (χ1) is 22.1. The van der Waals surface area contributed by atoms with Crippen molar-refractivity contribution in [1.82, 2.24) is 0 Å². The first kappa shape index (κ1) is 36.9. The molecule has 1 N–H and O–H groups in total. The van der Waals surface area contributed by atoms with Crippen LogP contribution in [0.25, 0.3) is 0 Å². The zero-order valence-corrected chi connectivity index (χ0v) is 28.3. The van der Waals surface area contributed by atoms with Crippen LogP contribution >= 0.6 is 0 Å².